The number of nitrogens with two attached hydrogens (primary N) is 1. The zero-order chi connectivity index (χ0) is 40.5. The largest absolute Gasteiger partial charge is 0.453 e. The van der Waals surface area contributed by atoms with Crippen LogP contribution in [0.25, 0.3) is 42.5 Å². The summed E-state index contributed by atoms with van der Waals surface area (Å²) in [5.41, 5.74) is 10.8. The number of ether oxygens (including phenoxy) is 2. The van der Waals surface area contributed by atoms with Gasteiger partial charge in [-0.25, -0.2) is 14.6 Å². The van der Waals surface area contributed by atoms with E-state index in [2.05, 4.69) is 83.1 Å². The zero-order valence-corrected chi connectivity index (χ0v) is 34.7. The molecule has 1 saturated heterocycles. The number of nitrogens with one attached hydrogen (secondary N) is 4. The molecule has 0 aliphatic carbocycles. The molecule has 5 atom stereocenters. The van der Waals surface area contributed by atoms with Gasteiger partial charge in [0.15, 0.2) is 0 Å². The SMILES string of the molecule is COC(=O)N[C@H](C(=O)N1CCC[C@H]1C1Nc2c(ccc3cc(-c4cc5ccc6nc([C@H](CCCN)C[C@@H](NC(=O)OC)C(C)C)[nH]c6c5cn4)sc23)N1C)C(C)C. The molecule has 57 heavy (non-hydrogen) atoms. The maximum absolute atomic E-state index is 13.9. The van der Waals surface area contributed by atoms with E-state index < -0.39 is 18.2 Å². The van der Waals surface area contributed by atoms with Crippen LogP contribution in [0.3, 0.4) is 0 Å². The number of aromatic amines is 1. The molecule has 5 heterocycles. The molecule has 3 aromatic heterocycles. The monoisotopic (exact) mass is 797 g/mol. The molecule has 14 nitrogen and oxygen atoms in total. The molecular weight excluding hydrogens is 743 g/mol. The number of nitrogens with zero attached hydrogens (tertiary/aromatic N) is 4. The van der Waals surface area contributed by atoms with Gasteiger partial charge in [-0.15, -0.1) is 11.3 Å². The number of likely N-dealkylation sites (N-methyl/N-ethyl adjacent to an activating group) is 1. The third-order valence-corrected chi connectivity index (χ3v) is 12.9. The summed E-state index contributed by atoms with van der Waals surface area (Å²) >= 11 is 1.71. The topological polar surface area (TPSA) is 180 Å². The fraction of sp³-hybridized carbons (Fsp3) is 0.500. The lowest BCUT2D eigenvalue weighted by molar-refractivity contribution is -0.135. The van der Waals surface area contributed by atoms with E-state index in [-0.39, 0.29) is 41.9 Å². The number of carbonyl (C=O) groups excluding carboxylic acids is 3. The molecule has 5 aromatic rings. The van der Waals surface area contributed by atoms with Gasteiger partial charge in [0.05, 0.1) is 57.9 Å². The molecular formula is C42H55N9O5S. The van der Waals surface area contributed by atoms with Gasteiger partial charge in [0.2, 0.25) is 5.91 Å². The lowest BCUT2D eigenvalue weighted by atomic mass is 9.89. The van der Waals surface area contributed by atoms with Gasteiger partial charge in [0.25, 0.3) is 0 Å². The lowest BCUT2D eigenvalue weighted by Crippen LogP contribution is -2.57. The van der Waals surface area contributed by atoms with Crippen LogP contribution in [0.2, 0.25) is 0 Å². The van der Waals surface area contributed by atoms with Gasteiger partial charge in [-0.1, -0.05) is 39.8 Å². The van der Waals surface area contributed by atoms with Crippen molar-refractivity contribution in [1.82, 2.24) is 30.5 Å². The molecule has 2 aliphatic heterocycles. The molecule has 15 heteroatoms. The highest BCUT2D eigenvalue weighted by Gasteiger charge is 2.43. The van der Waals surface area contributed by atoms with E-state index in [9.17, 15) is 14.4 Å². The Morgan fingerprint density at radius 1 is 1.02 bits per heavy atom. The molecule has 7 rings (SSSR count). The van der Waals surface area contributed by atoms with Gasteiger partial charge in [-0.3, -0.25) is 9.78 Å². The summed E-state index contributed by atoms with van der Waals surface area (Å²) in [5.74, 6) is 0.976. The number of aromatic nitrogens is 3. The summed E-state index contributed by atoms with van der Waals surface area (Å²) in [4.78, 5) is 57.0. The highest BCUT2D eigenvalue weighted by Crippen LogP contribution is 2.47. The molecule has 1 fully saturated rings. The van der Waals surface area contributed by atoms with Crippen molar-refractivity contribution in [3.63, 3.8) is 0 Å². The fourth-order valence-electron chi connectivity index (χ4n) is 8.46. The maximum Gasteiger partial charge on any atom is 0.407 e. The summed E-state index contributed by atoms with van der Waals surface area (Å²) in [6.45, 7) is 9.27. The quantitative estimate of drug-likeness (QED) is 0.0822. The van der Waals surface area contributed by atoms with E-state index in [0.717, 1.165) is 85.3 Å². The van der Waals surface area contributed by atoms with Crippen LogP contribution in [0, 0.1) is 11.8 Å². The van der Waals surface area contributed by atoms with Crippen molar-refractivity contribution in [3.8, 4) is 10.6 Å². The van der Waals surface area contributed by atoms with Crippen molar-refractivity contribution in [2.75, 3.05) is 44.6 Å². The minimum atomic E-state index is -0.669. The fourth-order valence-corrected chi connectivity index (χ4v) is 9.60. The number of H-pyrrole nitrogens is 1. The second-order valence-corrected chi connectivity index (χ2v) is 17.1. The Hall–Kier alpha value is -5.15. The summed E-state index contributed by atoms with van der Waals surface area (Å²) in [5, 5.41) is 12.7. The van der Waals surface area contributed by atoms with E-state index >= 15 is 0 Å². The number of alkyl carbamates (subject to hydrolysis) is 2. The van der Waals surface area contributed by atoms with Gasteiger partial charge >= 0.3 is 12.2 Å². The number of carbonyl (C=O) groups is 3. The highest BCUT2D eigenvalue weighted by molar-refractivity contribution is 7.23. The van der Waals surface area contributed by atoms with Crippen molar-refractivity contribution in [2.24, 2.45) is 17.6 Å². The van der Waals surface area contributed by atoms with Crippen LogP contribution in [0.1, 0.15) is 71.5 Å². The number of likely N-dealkylation sites (tertiary alicyclic amines) is 1. The first kappa shape index (κ1) is 40.1. The molecule has 3 amide bonds. The predicted octanol–water partition coefficient (Wildman–Crippen LogP) is 7.15. The molecule has 0 bridgehead atoms. The maximum atomic E-state index is 13.9. The van der Waals surface area contributed by atoms with Crippen LogP contribution in [-0.4, -0.2) is 96.6 Å². The Bertz CT molecular complexity index is 2270. The molecule has 0 radical (unpaired) electrons. The summed E-state index contributed by atoms with van der Waals surface area (Å²) in [6, 6.07) is 12.0. The van der Waals surface area contributed by atoms with Gasteiger partial charge in [-0.2, -0.15) is 0 Å². The Balaban J connectivity index is 1.14. The van der Waals surface area contributed by atoms with E-state index in [1.54, 1.807) is 11.3 Å². The first-order valence-corrected chi connectivity index (χ1v) is 20.8. The van der Waals surface area contributed by atoms with Crippen molar-refractivity contribution in [2.45, 2.75) is 90.0 Å². The normalized spacial score (nSPS) is 18.3. The van der Waals surface area contributed by atoms with Gasteiger partial charge in [-0.05, 0) is 85.5 Å². The van der Waals surface area contributed by atoms with Crippen molar-refractivity contribution in [1.29, 1.82) is 0 Å². The second kappa shape index (κ2) is 16.8. The minimum absolute atomic E-state index is 0.0677. The number of benzene rings is 2. The number of hydrogen-bond donors (Lipinski definition) is 5. The Morgan fingerprint density at radius 3 is 2.49 bits per heavy atom. The zero-order valence-electron chi connectivity index (χ0n) is 33.8. The number of anilines is 2. The molecule has 0 saturated carbocycles. The number of methoxy groups -OCH3 is 2. The van der Waals surface area contributed by atoms with Crippen molar-refractivity contribution < 1.29 is 23.9 Å². The Morgan fingerprint density at radius 2 is 1.77 bits per heavy atom. The third kappa shape index (κ3) is 7.91. The molecule has 2 aliphatic rings. The van der Waals surface area contributed by atoms with Crippen LogP contribution in [0.4, 0.5) is 21.0 Å². The van der Waals surface area contributed by atoms with Crippen LogP contribution in [0.5, 0.6) is 0 Å². The second-order valence-electron chi connectivity index (χ2n) is 16.0. The van der Waals surface area contributed by atoms with Crippen LogP contribution in [-0.2, 0) is 14.3 Å². The number of fused-ring (bicyclic) bond motifs is 6. The van der Waals surface area contributed by atoms with E-state index in [1.807, 2.05) is 24.9 Å². The number of thiophene rings is 1. The Kier molecular flexibility index (Phi) is 11.8. The molecule has 6 N–H and O–H groups in total. The average Bonchev–Trinajstić information content (AvgIpc) is 4.02. The lowest BCUT2D eigenvalue weighted by Gasteiger charge is -2.36. The number of imidazole rings is 1. The van der Waals surface area contributed by atoms with Gasteiger partial charge < -0.3 is 45.9 Å². The van der Waals surface area contributed by atoms with Gasteiger partial charge in [0, 0.05) is 37.1 Å². The highest BCUT2D eigenvalue weighted by atomic mass is 32.1. The number of hydrogen-bond acceptors (Lipinski definition) is 11. The smallest absolute Gasteiger partial charge is 0.407 e. The number of amides is 3. The minimum Gasteiger partial charge on any atom is -0.453 e. The first-order chi connectivity index (χ1) is 27.4. The summed E-state index contributed by atoms with van der Waals surface area (Å²) in [6.07, 6.45) is 4.91. The molecule has 2 aromatic carbocycles. The predicted molar refractivity (Wildman–Crippen MR) is 227 cm³/mol. The van der Waals surface area contributed by atoms with E-state index in [1.165, 1.54) is 14.2 Å². The number of rotatable bonds is 13. The van der Waals surface area contributed by atoms with E-state index in [4.69, 9.17) is 25.2 Å². The Labute approximate surface area is 337 Å². The average molecular weight is 798 g/mol. The summed E-state index contributed by atoms with van der Waals surface area (Å²) in [7, 11) is 4.77. The van der Waals surface area contributed by atoms with Crippen LogP contribution < -0.4 is 26.6 Å². The molecule has 304 valence electrons. The summed E-state index contributed by atoms with van der Waals surface area (Å²) < 4.78 is 10.9. The molecule has 1 unspecified atom stereocenters. The molecule has 0 spiro atoms. The van der Waals surface area contributed by atoms with Crippen LogP contribution in [0.15, 0.2) is 42.6 Å². The first-order valence-electron chi connectivity index (χ1n) is 20.0. The van der Waals surface area contributed by atoms with Crippen molar-refractivity contribution in [3.05, 3.63) is 48.4 Å². The van der Waals surface area contributed by atoms with Crippen LogP contribution >= 0.6 is 11.3 Å². The number of pyridine rings is 1. The standard InChI is InChI=1S/C42H55N9O5S/c1-22(2)29(46-41(53)55-6)19-26(10-8-16-43)38-45-28-14-12-24-18-30(44-21-27(24)35(28)47-38)33-20-25-13-15-31-36(37(25)57-33)48-39(50(31)5)32-11-9-17-51(32)40(52)34(23(3)4)49-42(54)56-7/h12-15,18,20-23,26,29,32,34,39,48H,8-11,16-17,19,43H2,1-7H3,(H,45,47)(H,46,53)(H,49,54)/t26-,29-,32+,34+,39?/m1/s1. The van der Waals surface area contributed by atoms with Crippen molar-refractivity contribution >= 4 is 72.7 Å². The van der Waals surface area contributed by atoms with E-state index in [0.29, 0.717) is 19.5 Å². The van der Waals surface area contributed by atoms with Gasteiger partial charge in [0.1, 0.15) is 18.0 Å². The third-order valence-electron chi connectivity index (χ3n) is 11.7.